The number of likely N-dealkylation sites (N-methyl/N-ethyl adjacent to an activating group) is 1. The number of hydrogen-bond donors (Lipinski definition) is 0. The van der Waals surface area contributed by atoms with E-state index in [1.165, 1.54) is 9.58 Å². The SMILES string of the molecule is CCOC(=O)c1nnn(CC(=O)N(C)C)c1CCl. The van der Waals surface area contributed by atoms with Crippen LogP contribution in [0, 0.1) is 0 Å². The van der Waals surface area contributed by atoms with Crippen LogP contribution in [0.1, 0.15) is 23.1 Å². The third-order valence-electron chi connectivity index (χ3n) is 2.22. The highest BCUT2D eigenvalue weighted by Crippen LogP contribution is 2.10. The van der Waals surface area contributed by atoms with E-state index < -0.39 is 5.97 Å². The Bertz CT molecular complexity index is 444. The molecule has 0 saturated heterocycles. The Balaban J connectivity index is 2.95. The van der Waals surface area contributed by atoms with Crippen molar-refractivity contribution in [3.05, 3.63) is 11.4 Å². The first-order valence-electron chi connectivity index (χ1n) is 5.36. The van der Waals surface area contributed by atoms with Gasteiger partial charge in [-0.15, -0.1) is 16.7 Å². The van der Waals surface area contributed by atoms with Crippen LogP contribution in [0.15, 0.2) is 0 Å². The van der Waals surface area contributed by atoms with Crippen molar-refractivity contribution in [2.45, 2.75) is 19.3 Å². The van der Waals surface area contributed by atoms with Crippen LogP contribution in [0.2, 0.25) is 0 Å². The molecule has 0 atom stereocenters. The minimum atomic E-state index is -0.586. The molecule has 18 heavy (non-hydrogen) atoms. The predicted molar refractivity (Wildman–Crippen MR) is 64.2 cm³/mol. The maximum Gasteiger partial charge on any atom is 0.360 e. The normalized spacial score (nSPS) is 10.2. The quantitative estimate of drug-likeness (QED) is 0.569. The van der Waals surface area contributed by atoms with E-state index >= 15 is 0 Å². The van der Waals surface area contributed by atoms with Crippen LogP contribution in [0.4, 0.5) is 0 Å². The molecule has 0 aliphatic rings. The van der Waals surface area contributed by atoms with E-state index in [9.17, 15) is 9.59 Å². The monoisotopic (exact) mass is 274 g/mol. The van der Waals surface area contributed by atoms with Crippen LogP contribution in [0.3, 0.4) is 0 Å². The molecule has 1 aromatic rings. The number of amides is 1. The van der Waals surface area contributed by atoms with Gasteiger partial charge in [0, 0.05) is 14.1 Å². The number of aromatic nitrogens is 3. The molecule has 0 aliphatic heterocycles. The number of ether oxygens (including phenoxy) is 1. The summed E-state index contributed by atoms with van der Waals surface area (Å²) in [6, 6.07) is 0. The summed E-state index contributed by atoms with van der Waals surface area (Å²) in [6.45, 7) is 1.92. The van der Waals surface area contributed by atoms with Gasteiger partial charge in [-0.25, -0.2) is 9.48 Å². The molecule has 0 fully saturated rings. The summed E-state index contributed by atoms with van der Waals surface area (Å²) in [5.41, 5.74) is 0.434. The molecule has 0 N–H and O–H groups in total. The van der Waals surface area contributed by atoms with Gasteiger partial charge in [0.05, 0.1) is 18.2 Å². The van der Waals surface area contributed by atoms with E-state index in [2.05, 4.69) is 10.3 Å². The zero-order valence-corrected chi connectivity index (χ0v) is 11.3. The molecule has 7 nitrogen and oxygen atoms in total. The minimum Gasteiger partial charge on any atom is -0.461 e. The second kappa shape index (κ2) is 6.34. The lowest BCUT2D eigenvalue weighted by atomic mass is 10.3. The predicted octanol–water partition coefficient (Wildman–Crippen LogP) is 0.282. The number of carbonyl (C=O) groups excluding carboxylic acids is 2. The molecular formula is C10H15ClN4O3. The topological polar surface area (TPSA) is 77.3 Å². The van der Waals surface area contributed by atoms with Crippen molar-refractivity contribution in [1.29, 1.82) is 0 Å². The van der Waals surface area contributed by atoms with E-state index in [0.717, 1.165) is 0 Å². The van der Waals surface area contributed by atoms with Gasteiger partial charge < -0.3 is 9.64 Å². The fourth-order valence-corrected chi connectivity index (χ4v) is 1.48. The van der Waals surface area contributed by atoms with E-state index in [0.29, 0.717) is 5.69 Å². The van der Waals surface area contributed by atoms with E-state index in [4.69, 9.17) is 16.3 Å². The van der Waals surface area contributed by atoms with Crippen LogP contribution in [-0.4, -0.2) is 52.5 Å². The summed E-state index contributed by atoms with van der Waals surface area (Å²) in [5, 5.41) is 7.45. The lowest BCUT2D eigenvalue weighted by Crippen LogP contribution is -2.27. The molecule has 0 aliphatic carbocycles. The first-order chi connectivity index (χ1) is 8.51. The molecule has 0 unspecified atom stereocenters. The van der Waals surface area contributed by atoms with Crippen molar-refractivity contribution < 1.29 is 14.3 Å². The first kappa shape index (κ1) is 14.4. The third kappa shape index (κ3) is 3.19. The fraction of sp³-hybridized carbons (Fsp3) is 0.600. The summed E-state index contributed by atoms with van der Waals surface area (Å²) in [5.74, 6) is -0.722. The molecule has 1 amide bonds. The zero-order chi connectivity index (χ0) is 13.7. The van der Waals surface area contributed by atoms with Crippen molar-refractivity contribution in [2.24, 2.45) is 0 Å². The summed E-state index contributed by atoms with van der Waals surface area (Å²) in [7, 11) is 3.26. The van der Waals surface area contributed by atoms with Gasteiger partial charge in [-0.2, -0.15) is 0 Å². The first-order valence-corrected chi connectivity index (χ1v) is 5.90. The van der Waals surface area contributed by atoms with Gasteiger partial charge in [0.25, 0.3) is 0 Å². The number of alkyl halides is 1. The van der Waals surface area contributed by atoms with Crippen molar-refractivity contribution in [1.82, 2.24) is 19.9 Å². The molecule has 0 saturated carbocycles. The van der Waals surface area contributed by atoms with Gasteiger partial charge in [0.2, 0.25) is 5.91 Å². The smallest absolute Gasteiger partial charge is 0.360 e. The van der Waals surface area contributed by atoms with E-state index in [-0.39, 0.29) is 30.6 Å². The highest BCUT2D eigenvalue weighted by atomic mass is 35.5. The third-order valence-corrected chi connectivity index (χ3v) is 2.47. The molecule has 0 radical (unpaired) electrons. The molecular weight excluding hydrogens is 260 g/mol. The van der Waals surface area contributed by atoms with Crippen LogP contribution in [0.5, 0.6) is 0 Å². The highest BCUT2D eigenvalue weighted by Gasteiger charge is 2.21. The molecule has 0 aromatic carbocycles. The molecule has 8 heteroatoms. The Morgan fingerprint density at radius 3 is 2.61 bits per heavy atom. The average molecular weight is 275 g/mol. The Morgan fingerprint density at radius 1 is 1.44 bits per heavy atom. The van der Waals surface area contributed by atoms with Gasteiger partial charge >= 0.3 is 5.97 Å². The number of nitrogens with zero attached hydrogens (tertiary/aromatic N) is 4. The maximum absolute atomic E-state index is 11.6. The number of carbonyl (C=O) groups is 2. The lowest BCUT2D eigenvalue weighted by Gasteiger charge is -2.10. The van der Waals surface area contributed by atoms with Crippen molar-refractivity contribution in [3.8, 4) is 0 Å². The largest absolute Gasteiger partial charge is 0.461 e. The lowest BCUT2D eigenvalue weighted by molar-refractivity contribution is -0.129. The fourth-order valence-electron chi connectivity index (χ4n) is 1.22. The van der Waals surface area contributed by atoms with E-state index in [1.54, 1.807) is 21.0 Å². The Morgan fingerprint density at radius 2 is 2.11 bits per heavy atom. The van der Waals surface area contributed by atoms with Crippen LogP contribution in [-0.2, 0) is 22.0 Å². The second-order valence-electron chi connectivity index (χ2n) is 3.68. The Labute approximate surface area is 110 Å². The molecule has 1 aromatic heterocycles. The number of esters is 1. The average Bonchev–Trinajstić information content (AvgIpc) is 2.72. The molecule has 0 bridgehead atoms. The van der Waals surface area contributed by atoms with Gasteiger partial charge in [-0.1, -0.05) is 5.21 Å². The Hall–Kier alpha value is -1.63. The number of hydrogen-bond acceptors (Lipinski definition) is 5. The maximum atomic E-state index is 11.6. The highest BCUT2D eigenvalue weighted by molar-refractivity contribution is 6.17. The summed E-state index contributed by atoms with van der Waals surface area (Å²) in [6.07, 6.45) is 0. The molecule has 100 valence electrons. The van der Waals surface area contributed by atoms with Crippen LogP contribution < -0.4 is 0 Å². The molecule has 1 rings (SSSR count). The number of halogens is 1. The number of rotatable bonds is 5. The van der Waals surface area contributed by atoms with Gasteiger partial charge in [-0.05, 0) is 6.92 Å². The molecule has 0 spiro atoms. The summed E-state index contributed by atoms with van der Waals surface area (Å²) in [4.78, 5) is 24.5. The van der Waals surface area contributed by atoms with Crippen molar-refractivity contribution in [3.63, 3.8) is 0 Å². The summed E-state index contributed by atoms with van der Waals surface area (Å²) < 4.78 is 6.13. The van der Waals surface area contributed by atoms with Crippen LogP contribution >= 0.6 is 11.6 Å². The molecule has 1 heterocycles. The summed E-state index contributed by atoms with van der Waals surface area (Å²) >= 11 is 5.75. The standard InChI is InChI=1S/C10H15ClN4O3/c1-4-18-10(17)9-7(5-11)15(13-12-9)6-8(16)14(2)3/h4-6H2,1-3H3. The van der Waals surface area contributed by atoms with Gasteiger partial charge in [-0.3, -0.25) is 4.79 Å². The van der Waals surface area contributed by atoms with E-state index in [1.807, 2.05) is 0 Å². The second-order valence-corrected chi connectivity index (χ2v) is 3.95. The Kier molecular flexibility index (Phi) is 5.08. The zero-order valence-electron chi connectivity index (χ0n) is 10.5. The van der Waals surface area contributed by atoms with Crippen molar-refractivity contribution >= 4 is 23.5 Å². The van der Waals surface area contributed by atoms with Gasteiger partial charge in [0.1, 0.15) is 6.54 Å². The minimum absolute atomic E-state index is 0.0124. The van der Waals surface area contributed by atoms with Crippen molar-refractivity contribution in [2.75, 3.05) is 20.7 Å². The van der Waals surface area contributed by atoms with Gasteiger partial charge in [0.15, 0.2) is 5.69 Å². The van der Waals surface area contributed by atoms with Crippen LogP contribution in [0.25, 0.3) is 0 Å².